The van der Waals surface area contributed by atoms with Crippen LogP contribution in [0.2, 0.25) is 0 Å². The molecule has 1 aromatic carbocycles. The van der Waals surface area contributed by atoms with Gasteiger partial charge in [0.05, 0.1) is 6.04 Å². The fourth-order valence-electron chi connectivity index (χ4n) is 4.47. The first-order valence-corrected chi connectivity index (χ1v) is 10.9. The van der Waals surface area contributed by atoms with Crippen LogP contribution in [0.4, 0.5) is 0 Å². The Balaban J connectivity index is 1.46. The molecule has 1 aliphatic carbocycles. The minimum Gasteiger partial charge on any atom is -0.351 e. The predicted molar refractivity (Wildman–Crippen MR) is 112 cm³/mol. The summed E-state index contributed by atoms with van der Waals surface area (Å²) in [7, 11) is 0. The van der Waals surface area contributed by atoms with Crippen molar-refractivity contribution in [2.75, 3.05) is 26.2 Å². The Kier molecular flexibility index (Phi) is 7.49. The lowest BCUT2D eigenvalue weighted by Gasteiger charge is -2.27. The van der Waals surface area contributed by atoms with Gasteiger partial charge in [-0.3, -0.25) is 14.5 Å². The fourth-order valence-corrected chi connectivity index (χ4v) is 4.47. The first-order valence-electron chi connectivity index (χ1n) is 10.9. The van der Waals surface area contributed by atoms with Crippen LogP contribution in [0.1, 0.15) is 56.6 Å². The molecule has 0 bridgehead atoms. The molecule has 2 fully saturated rings. The molecule has 1 N–H and O–H groups in total. The largest absolute Gasteiger partial charge is 0.351 e. The fraction of sp³-hybridized carbons (Fsp3) is 0.652. The van der Waals surface area contributed by atoms with Gasteiger partial charge in [-0.1, -0.05) is 37.1 Å². The van der Waals surface area contributed by atoms with Crippen LogP contribution in [0.15, 0.2) is 24.3 Å². The van der Waals surface area contributed by atoms with Gasteiger partial charge >= 0.3 is 0 Å². The maximum atomic E-state index is 12.7. The maximum absolute atomic E-state index is 12.7. The average Bonchev–Trinajstić information content (AvgIpc) is 3.07. The molecule has 154 valence electrons. The van der Waals surface area contributed by atoms with Gasteiger partial charge in [-0.25, -0.2) is 0 Å². The number of nitrogens with zero attached hydrogens (tertiary/aromatic N) is 2. The maximum Gasteiger partial charge on any atom is 0.237 e. The van der Waals surface area contributed by atoms with Gasteiger partial charge in [-0.2, -0.15) is 0 Å². The molecule has 2 aliphatic rings. The van der Waals surface area contributed by atoms with Gasteiger partial charge in [-0.15, -0.1) is 0 Å². The Labute approximate surface area is 169 Å². The quantitative estimate of drug-likeness (QED) is 0.819. The predicted octanol–water partition coefficient (Wildman–Crippen LogP) is 3.11. The van der Waals surface area contributed by atoms with Crippen molar-refractivity contribution >= 4 is 11.8 Å². The van der Waals surface area contributed by atoms with E-state index in [1.165, 1.54) is 31.2 Å². The van der Waals surface area contributed by atoms with Crippen molar-refractivity contribution < 1.29 is 9.59 Å². The van der Waals surface area contributed by atoms with Crippen molar-refractivity contribution in [1.82, 2.24) is 15.1 Å². The van der Waals surface area contributed by atoms with Crippen molar-refractivity contribution in [3.05, 3.63) is 35.4 Å². The summed E-state index contributed by atoms with van der Waals surface area (Å²) in [6.07, 6.45) is 6.63. The Morgan fingerprint density at radius 1 is 1.07 bits per heavy atom. The molecule has 1 saturated carbocycles. The van der Waals surface area contributed by atoms with Crippen LogP contribution in [-0.4, -0.2) is 53.8 Å². The second-order valence-electron chi connectivity index (χ2n) is 8.45. The topological polar surface area (TPSA) is 52.7 Å². The van der Waals surface area contributed by atoms with Crippen LogP contribution >= 0.6 is 0 Å². The molecule has 1 saturated heterocycles. The summed E-state index contributed by atoms with van der Waals surface area (Å²) in [6, 6.07) is 7.97. The number of amides is 2. The zero-order valence-electron chi connectivity index (χ0n) is 17.5. The van der Waals surface area contributed by atoms with Crippen molar-refractivity contribution in [2.45, 2.75) is 65.0 Å². The summed E-state index contributed by atoms with van der Waals surface area (Å²) in [5.41, 5.74) is 2.35. The Morgan fingerprint density at radius 3 is 2.57 bits per heavy atom. The molecule has 0 aromatic heterocycles. The van der Waals surface area contributed by atoms with Crippen molar-refractivity contribution in [2.24, 2.45) is 5.92 Å². The van der Waals surface area contributed by atoms with Gasteiger partial charge in [0.15, 0.2) is 0 Å². The molecule has 0 radical (unpaired) electrons. The number of aryl methyl sites for hydroxylation is 1. The molecule has 1 heterocycles. The van der Waals surface area contributed by atoms with E-state index in [1.54, 1.807) is 0 Å². The van der Waals surface area contributed by atoms with Crippen LogP contribution in [0.3, 0.4) is 0 Å². The van der Waals surface area contributed by atoms with Gasteiger partial charge in [0, 0.05) is 39.1 Å². The zero-order chi connectivity index (χ0) is 19.9. The third-order valence-corrected chi connectivity index (χ3v) is 6.46. The van der Waals surface area contributed by atoms with E-state index in [0.717, 1.165) is 38.2 Å². The second kappa shape index (κ2) is 10.1. The van der Waals surface area contributed by atoms with E-state index < -0.39 is 0 Å². The second-order valence-corrected chi connectivity index (χ2v) is 8.45. The standard InChI is InChI=1S/C23H35N3O2/c1-18-8-3-6-11-21(18)17-24-23(28)19(2)25-12-7-13-26(15-14-25)22(27)16-20-9-4-5-10-20/h3,6,8,11,19-20H,4-5,7,9-10,12-17H2,1-2H3,(H,24,28). The molecule has 2 amide bonds. The van der Waals surface area contributed by atoms with E-state index in [1.807, 2.05) is 24.0 Å². The summed E-state index contributed by atoms with van der Waals surface area (Å²) >= 11 is 0. The van der Waals surface area contributed by atoms with Crippen LogP contribution < -0.4 is 5.32 Å². The van der Waals surface area contributed by atoms with E-state index in [0.29, 0.717) is 24.8 Å². The number of carbonyl (C=O) groups excluding carboxylic acids is 2. The molecular weight excluding hydrogens is 350 g/mol. The SMILES string of the molecule is Cc1ccccc1CNC(=O)C(C)N1CCCN(C(=O)CC2CCCC2)CC1. The lowest BCUT2D eigenvalue weighted by atomic mass is 10.0. The Bertz CT molecular complexity index is 670. The molecule has 1 aromatic rings. The van der Waals surface area contributed by atoms with Crippen LogP contribution in [0.5, 0.6) is 0 Å². The third kappa shape index (κ3) is 5.57. The van der Waals surface area contributed by atoms with Crippen LogP contribution in [0, 0.1) is 12.8 Å². The normalized spacial score (nSPS) is 20.0. The summed E-state index contributed by atoms with van der Waals surface area (Å²) in [4.78, 5) is 29.5. The van der Waals surface area contributed by atoms with Gasteiger partial charge in [0.2, 0.25) is 11.8 Å². The molecule has 3 rings (SSSR count). The first-order chi connectivity index (χ1) is 13.5. The molecular formula is C23H35N3O2. The highest BCUT2D eigenvalue weighted by atomic mass is 16.2. The van der Waals surface area contributed by atoms with Crippen molar-refractivity contribution in [3.8, 4) is 0 Å². The highest BCUT2D eigenvalue weighted by molar-refractivity contribution is 5.81. The lowest BCUT2D eigenvalue weighted by molar-refractivity contribution is -0.132. The van der Waals surface area contributed by atoms with E-state index >= 15 is 0 Å². The van der Waals surface area contributed by atoms with Gasteiger partial charge in [0.25, 0.3) is 0 Å². The van der Waals surface area contributed by atoms with Crippen LogP contribution in [0.25, 0.3) is 0 Å². The molecule has 5 nitrogen and oxygen atoms in total. The number of hydrogen-bond acceptors (Lipinski definition) is 3. The third-order valence-electron chi connectivity index (χ3n) is 6.46. The zero-order valence-corrected chi connectivity index (χ0v) is 17.5. The highest BCUT2D eigenvalue weighted by Gasteiger charge is 2.27. The monoisotopic (exact) mass is 385 g/mol. The van der Waals surface area contributed by atoms with Crippen LogP contribution in [-0.2, 0) is 16.1 Å². The van der Waals surface area contributed by atoms with E-state index in [-0.39, 0.29) is 11.9 Å². The van der Waals surface area contributed by atoms with Crippen molar-refractivity contribution in [1.29, 1.82) is 0 Å². The molecule has 0 spiro atoms. The summed E-state index contributed by atoms with van der Waals surface area (Å²) < 4.78 is 0. The van der Waals surface area contributed by atoms with Gasteiger partial charge in [-0.05, 0) is 50.2 Å². The van der Waals surface area contributed by atoms with Crippen molar-refractivity contribution in [3.63, 3.8) is 0 Å². The van der Waals surface area contributed by atoms with Gasteiger partial charge in [0.1, 0.15) is 0 Å². The Morgan fingerprint density at radius 2 is 1.82 bits per heavy atom. The summed E-state index contributed by atoms with van der Waals surface area (Å²) in [5.74, 6) is 0.970. The molecule has 1 atom stereocenters. The smallest absolute Gasteiger partial charge is 0.237 e. The number of benzene rings is 1. The van der Waals surface area contributed by atoms with E-state index in [4.69, 9.17) is 0 Å². The van der Waals surface area contributed by atoms with Gasteiger partial charge < -0.3 is 10.2 Å². The Hall–Kier alpha value is -1.88. The minimum absolute atomic E-state index is 0.0639. The summed E-state index contributed by atoms with van der Waals surface area (Å²) in [5, 5.41) is 3.08. The average molecular weight is 386 g/mol. The first kappa shape index (κ1) is 20.8. The number of rotatable bonds is 6. The molecule has 1 aliphatic heterocycles. The number of hydrogen-bond donors (Lipinski definition) is 1. The number of carbonyl (C=O) groups is 2. The summed E-state index contributed by atoms with van der Waals surface area (Å²) in [6.45, 7) is 7.80. The van der Waals surface area contributed by atoms with E-state index in [9.17, 15) is 9.59 Å². The number of nitrogens with one attached hydrogen (secondary N) is 1. The molecule has 5 heteroatoms. The highest BCUT2D eigenvalue weighted by Crippen LogP contribution is 2.28. The lowest BCUT2D eigenvalue weighted by Crippen LogP contribution is -2.46. The minimum atomic E-state index is -0.172. The van der Waals surface area contributed by atoms with E-state index in [2.05, 4.69) is 29.3 Å². The molecule has 1 unspecified atom stereocenters. The molecule has 28 heavy (non-hydrogen) atoms.